The number of nitrogens with one attached hydrogen (secondary N) is 2. The maximum atomic E-state index is 14.3. The number of carbonyl (C=O) groups is 1. The van der Waals surface area contributed by atoms with Crippen molar-refractivity contribution in [3.63, 3.8) is 0 Å². The van der Waals surface area contributed by atoms with Gasteiger partial charge in [0.2, 0.25) is 0 Å². The molecule has 2 aliphatic rings. The number of hydrogen-bond donors (Lipinski definition) is 3. The van der Waals surface area contributed by atoms with E-state index in [1.807, 2.05) is 0 Å². The molecule has 2 aromatic heterocycles. The first kappa shape index (κ1) is 25.4. The minimum absolute atomic E-state index is 0.0894. The van der Waals surface area contributed by atoms with Gasteiger partial charge in [0.1, 0.15) is 12.1 Å². The van der Waals surface area contributed by atoms with Crippen LogP contribution >= 0.6 is 0 Å². The Balaban J connectivity index is 1.28. The van der Waals surface area contributed by atoms with Gasteiger partial charge in [-0.2, -0.15) is 18.3 Å². The molecule has 37 heavy (non-hydrogen) atoms. The summed E-state index contributed by atoms with van der Waals surface area (Å²) >= 11 is 0. The van der Waals surface area contributed by atoms with Gasteiger partial charge in [-0.15, -0.1) is 0 Å². The van der Waals surface area contributed by atoms with Gasteiger partial charge in [0.15, 0.2) is 5.65 Å². The summed E-state index contributed by atoms with van der Waals surface area (Å²) in [5.41, 5.74) is -0.174. The fourth-order valence-electron chi connectivity index (χ4n) is 4.77. The molecule has 2 atom stereocenters. The average molecular weight is 523 g/mol. The molecule has 2 unspecified atom stereocenters. The number of alkyl halides is 3. The largest absolute Gasteiger partial charge is 0.419 e. The second-order valence-electron chi connectivity index (χ2n) is 9.24. The number of aliphatic hydroxyl groups excluding tert-OH is 1. The number of aliphatic hydroxyl groups is 1. The predicted octanol–water partition coefficient (Wildman–Crippen LogP) is 2.14. The van der Waals surface area contributed by atoms with Gasteiger partial charge in [-0.1, -0.05) is 12.1 Å². The van der Waals surface area contributed by atoms with Gasteiger partial charge in [-0.05, 0) is 25.0 Å². The van der Waals surface area contributed by atoms with Crippen LogP contribution in [0.4, 0.5) is 23.2 Å². The van der Waals surface area contributed by atoms with Gasteiger partial charge >= 0.3 is 6.18 Å². The van der Waals surface area contributed by atoms with Crippen LogP contribution in [0.1, 0.15) is 34.3 Å². The van der Waals surface area contributed by atoms with E-state index in [9.17, 15) is 27.5 Å². The van der Waals surface area contributed by atoms with Crippen molar-refractivity contribution in [3.8, 4) is 0 Å². The van der Waals surface area contributed by atoms with Crippen LogP contribution in [0.25, 0.3) is 5.65 Å². The Labute approximate surface area is 209 Å². The van der Waals surface area contributed by atoms with Crippen LogP contribution in [0.5, 0.6) is 0 Å². The highest BCUT2D eigenvalue weighted by Crippen LogP contribution is 2.32. The van der Waals surface area contributed by atoms with E-state index in [1.54, 1.807) is 6.07 Å². The number of halogens is 4. The molecule has 0 bridgehead atoms. The summed E-state index contributed by atoms with van der Waals surface area (Å²) in [6.45, 7) is 1.74. The van der Waals surface area contributed by atoms with Crippen molar-refractivity contribution >= 4 is 17.2 Å². The van der Waals surface area contributed by atoms with Crippen molar-refractivity contribution < 1.29 is 32.2 Å². The molecular weight excluding hydrogens is 496 g/mol. The molecule has 9 nitrogen and oxygen atoms in total. The molecular formula is C24H26F4N6O3. The SMILES string of the molecule is O=C(NCc1cccc(C(F)(F)F)c1F)c1cc(N2CCC(NC3COCC3O)CC2)c2ncnn2c1. The molecule has 1 aromatic carbocycles. The molecule has 2 fully saturated rings. The second kappa shape index (κ2) is 10.2. The van der Waals surface area contributed by atoms with E-state index < -0.39 is 36.1 Å². The molecule has 5 rings (SSSR count). The first-order chi connectivity index (χ1) is 17.7. The zero-order chi connectivity index (χ0) is 26.2. The lowest BCUT2D eigenvalue weighted by atomic mass is 10.0. The van der Waals surface area contributed by atoms with E-state index in [0.29, 0.717) is 43.7 Å². The first-order valence-corrected chi connectivity index (χ1v) is 11.9. The Hall–Kier alpha value is -3.29. The Morgan fingerprint density at radius 3 is 2.70 bits per heavy atom. The predicted molar refractivity (Wildman–Crippen MR) is 125 cm³/mol. The Morgan fingerprint density at radius 1 is 1.22 bits per heavy atom. The average Bonchev–Trinajstić information content (AvgIpc) is 3.51. The summed E-state index contributed by atoms with van der Waals surface area (Å²) in [7, 11) is 0. The summed E-state index contributed by atoms with van der Waals surface area (Å²) in [6.07, 6.45) is -0.907. The van der Waals surface area contributed by atoms with Gasteiger partial charge in [0.05, 0.1) is 42.2 Å². The minimum Gasteiger partial charge on any atom is -0.389 e. The lowest BCUT2D eigenvalue weighted by Crippen LogP contribution is -2.49. The molecule has 2 aliphatic heterocycles. The third kappa shape index (κ3) is 5.38. The van der Waals surface area contributed by atoms with E-state index >= 15 is 0 Å². The standard InChI is InChI=1S/C24H26F4N6O3/c25-21-14(2-1-3-17(21)24(26,27)28)9-29-23(36)15-8-19(22-30-13-31-34(22)10-15)33-6-4-16(5-7-33)32-18-11-37-12-20(18)35/h1-3,8,10,13,16,18,20,32,35H,4-7,9,11-12H2,(H,29,36). The lowest BCUT2D eigenvalue weighted by molar-refractivity contribution is -0.140. The van der Waals surface area contributed by atoms with Crippen LogP contribution in [0, 0.1) is 5.82 Å². The number of pyridine rings is 1. The van der Waals surface area contributed by atoms with Crippen molar-refractivity contribution in [2.24, 2.45) is 0 Å². The monoisotopic (exact) mass is 522 g/mol. The molecule has 198 valence electrons. The third-order valence-corrected chi connectivity index (χ3v) is 6.78. The van der Waals surface area contributed by atoms with Gasteiger partial charge < -0.3 is 25.4 Å². The molecule has 2 saturated heterocycles. The molecule has 0 radical (unpaired) electrons. The number of aromatic nitrogens is 3. The number of anilines is 1. The quantitative estimate of drug-likeness (QED) is 0.426. The van der Waals surface area contributed by atoms with Crippen molar-refractivity contribution in [2.45, 2.75) is 43.8 Å². The maximum absolute atomic E-state index is 14.3. The number of ether oxygens (including phenoxy) is 1. The molecule has 0 spiro atoms. The Kier molecular flexibility index (Phi) is 7.01. The molecule has 3 aromatic rings. The highest BCUT2D eigenvalue weighted by atomic mass is 19.4. The fraction of sp³-hybridized carbons (Fsp3) is 0.458. The molecule has 3 N–H and O–H groups in total. The van der Waals surface area contributed by atoms with Crippen LogP contribution in [0.2, 0.25) is 0 Å². The molecule has 0 saturated carbocycles. The first-order valence-electron chi connectivity index (χ1n) is 11.9. The minimum atomic E-state index is -4.83. The smallest absolute Gasteiger partial charge is 0.389 e. The normalized spacial score (nSPS) is 21.1. The van der Waals surface area contributed by atoms with Gasteiger partial charge in [-0.25, -0.2) is 13.9 Å². The number of amides is 1. The summed E-state index contributed by atoms with van der Waals surface area (Å²) < 4.78 is 60.1. The third-order valence-electron chi connectivity index (χ3n) is 6.78. The summed E-state index contributed by atoms with van der Waals surface area (Å²) in [6, 6.07) is 4.74. The summed E-state index contributed by atoms with van der Waals surface area (Å²) in [5, 5.41) is 20.1. The number of rotatable bonds is 6. The van der Waals surface area contributed by atoms with Crippen LogP contribution < -0.4 is 15.5 Å². The zero-order valence-corrected chi connectivity index (χ0v) is 19.7. The van der Waals surface area contributed by atoms with E-state index in [2.05, 4.69) is 25.6 Å². The molecule has 4 heterocycles. The number of benzene rings is 1. The lowest BCUT2D eigenvalue weighted by Gasteiger charge is -2.35. The Bertz CT molecular complexity index is 1280. The number of carbonyl (C=O) groups excluding carboxylic acids is 1. The highest BCUT2D eigenvalue weighted by molar-refractivity contribution is 5.96. The van der Waals surface area contributed by atoms with Gasteiger partial charge in [-0.3, -0.25) is 4.79 Å². The molecule has 1 amide bonds. The zero-order valence-electron chi connectivity index (χ0n) is 19.7. The van der Waals surface area contributed by atoms with E-state index in [1.165, 1.54) is 23.1 Å². The van der Waals surface area contributed by atoms with Crippen LogP contribution in [0.3, 0.4) is 0 Å². The number of piperidine rings is 1. The van der Waals surface area contributed by atoms with E-state index in [0.717, 1.165) is 18.9 Å². The Morgan fingerprint density at radius 2 is 2.00 bits per heavy atom. The second-order valence-corrected chi connectivity index (χ2v) is 9.24. The van der Waals surface area contributed by atoms with Crippen molar-refractivity contribution in [1.82, 2.24) is 25.2 Å². The van der Waals surface area contributed by atoms with Gasteiger partial charge in [0.25, 0.3) is 5.91 Å². The van der Waals surface area contributed by atoms with Crippen LogP contribution in [-0.2, 0) is 17.5 Å². The topological polar surface area (TPSA) is 104 Å². The number of fused-ring (bicyclic) bond motifs is 1. The summed E-state index contributed by atoms with van der Waals surface area (Å²) in [4.78, 5) is 19.3. The van der Waals surface area contributed by atoms with Crippen LogP contribution in [0.15, 0.2) is 36.8 Å². The van der Waals surface area contributed by atoms with E-state index in [-0.39, 0.29) is 23.2 Å². The van der Waals surface area contributed by atoms with Crippen molar-refractivity contribution in [2.75, 3.05) is 31.2 Å². The van der Waals surface area contributed by atoms with Crippen molar-refractivity contribution in [3.05, 3.63) is 59.3 Å². The van der Waals surface area contributed by atoms with Crippen LogP contribution in [-0.4, -0.2) is 70.1 Å². The fourth-order valence-corrected chi connectivity index (χ4v) is 4.77. The maximum Gasteiger partial charge on any atom is 0.419 e. The molecule has 0 aliphatic carbocycles. The van der Waals surface area contributed by atoms with E-state index in [4.69, 9.17) is 4.74 Å². The number of hydrogen-bond acceptors (Lipinski definition) is 7. The summed E-state index contributed by atoms with van der Waals surface area (Å²) in [5.74, 6) is -1.99. The van der Waals surface area contributed by atoms with Crippen molar-refractivity contribution in [1.29, 1.82) is 0 Å². The molecule has 13 heteroatoms. The van der Waals surface area contributed by atoms with Gasteiger partial charge in [0, 0.05) is 37.4 Å². The number of nitrogens with zero attached hydrogens (tertiary/aromatic N) is 4. The highest BCUT2D eigenvalue weighted by Gasteiger charge is 2.35.